The number of nitrogens with zero attached hydrogens (tertiary/aromatic N) is 3. The van der Waals surface area contributed by atoms with E-state index in [0.717, 1.165) is 31.2 Å². The van der Waals surface area contributed by atoms with Gasteiger partial charge in [0.05, 0.1) is 19.9 Å². The molecule has 2 aromatic rings. The maximum absolute atomic E-state index is 5.20. The molecular formula is C19H23N3O. The van der Waals surface area contributed by atoms with Crippen molar-refractivity contribution in [1.29, 1.82) is 0 Å². The van der Waals surface area contributed by atoms with Crippen molar-refractivity contribution in [2.24, 2.45) is 4.99 Å². The van der Waals surface area contributed by atoms with Crippen molar-refractivity contribution in [2.45, 2.75) is 6.92 Å². The summed E-state index contributed by atoms with van der Waals surface area (Å²) in [6.07, 6.45) is 0. The number of benzene rings is 2. The van der Waals surface area contributed by atoms with Gasteiger partial charge in [0.1, 0.15) is 5.84 Å². The Balaban J connectivity index is 1.91. The second-order valence-electron chi connectivity index (χ2n) is 5.78. The molecule has 4 heteroatoms. The Bertz CT molecular complexity index is 652. The molecule has 0 fully saturated rings. The Kier molecular flexibility index (Phi) is 5.05. The van der Waals surface area contributed by atoms with E-state index in [1.165, 1.54) is 11.3 Å². The van der Waals surface area contributed by atoms with E-state index >= 15 is 0 Å². The van der Waals surface area contributed by atoms with Gasteiger partial charge in [-0.15, -0.1) is 0 Å². The smallest absolute Gasteiger partial charge is 0.137 e. The summed E-state index contributed by atoms with van der Waals surface area (Å²) in [6, 6.07) is 19.0. The molecule has 0 atom stereocenters. The second-order valence-corrected chi connectivity index (χ2v) is 5.78. The fourth-order valence-corrected chi connectivity index (χ4v) is 2.69. The van der Waals surface area contributed by atoms with Crippen molar-refractivity contribution < 1.29 is 4.74 Å². The van der Waals surface area contributed by atoms with E-state index < -0.39 is 0 Å². The van der Waals surface area contributed by atoms with Crippen molar-refractivity contribution >= 4 is 11.5 Å². The molecule has 0 amide bonds. The van der Waals surface area contributed by atoms with Crippen LogP contribution in [0.2, 0.25) is 0 Å². The summed E-state index contributed by atoms with van der Waals surface area (Å²) >= 11 is 0. The van der Waals surface area contributed by atoms with E-state index in [4.69, 9.17) is 9.73 Å². The standard InChI is InChI=1S/C19H23N3O/c1-16-8-10-18(11-9-16)22-15-21(12-13-23-2)14-20-19(22)17-6-4-3-5-7-17/h3-11H,12-15H2,1-2H3. The lowest BCUT2D eigenvalue weighted by molar-refractivity contribution is 0.149. The second kappa shape index (κ2) is 7.40. The molecule has 0 saturated carbocycles. The van der Waals surface area contributed by atoms with Crippen molar-refractivity contribution in [1.82, 2.24) is 4.90 Å². The van der Waals surface area contributed by atoms with Crippen LogP contribution in [0.1, 0.15) is 11.1 Å². The van der Waals surface area contributed by atoms with Gasteiger partial charge in [-0.3, -0.25) is 9.89 Å². The van der Waals surface area contributed by atoms with E-state index in [0.29, 0.717) is 6.67 Å². The number of ether oxygens (including phenoxy) is 1. The average Bonchev–Trinajstić information content (AvgIpc) is 2.61. The first-order valence-electron chi connectivity index (χ1n) is 7.93. The number of rotatable bonds is 5. The van der Waals surface area contributed by atoms with Crippen LogP contribution in [0.3, 0.4) is 0 Å². The van der Waals surface area contributed by atoms with Crippen LogP contribution < -0.4 is 4.90 Å². The number of amidine groups is 1. The highest BCUT2D eigenvalue weighted by atomic mass is 16.5. The molecule has 0 radical (unpaired) electrons. The molecule has 0 N–H and O–H groups in total. The van der Waals surface area contributed by atoms with Crippen LogP contribution in [0.4, 0.5) is 5.69 Å². The summed E-state index contributed by atoms with van der Waals surface area (Å²) in [5.74, 6) is 1.03. The normalized spacial score (nSPS) is 15.6. The number of methoxy groups -OCH3 is 1. The summed E-state index contributed by atoms with van der Waals surface area (Å²) < 4.78 is 5.20. The molecule has 0 aromatic heterocycles. The fraction of sp³-hybridized carbons (Fsp3) is 0.316. The van der Waals surface area contributed by atoms with E-state index in [1.54, 1.807) is 7.11 Å². The molecule has 0 unspecified atom stereocenters. The third-order valence-electron chi connectivity index (χ3n) is 4.01. The average molecular weight is 309 g/mol. The molecule has 4 nitrogen and oxygen atoms in total. The minimum atomic E-state index is 0.704. The first kappa shape index (κ1) is 15.7. The van der Waals surface area contributed by atoms with Gasteiger partial charge in [-0.25, -0.2) is 0 Å². The Labute approximate surface area is 138 Å². The van der Waals surface area contributed by atoms with Gasteiger partial charge in [-0.1, -0.05) is 48.0 Å². The third-order valence-corrected chi connectivity index (χ3v) is 4.01. The molecule has 23 heavy (non-hydrogen) atoms. The number of hydrogen-bond donors (Lipinski definition) is 0. The number of aliphatic imine (C=N–C) groups is 1. The maximum Gasteiger partial charge on any atom is 0.137 e. The molecule has 120 valence electrons. The Morgan fingerprint density at radius 2 is 1.78 bits per heavy atom. The van der Waals surface area contributed by atoms with Crippen LogP contribution >= 0.6 is 0 Å². The van der Waals surface area contributed by atoms with E-state index in [1.807, 2.05) is 6.07 Å². The van der Waals surface area contributed by atoms with Gasteiger partial charge >= 0.3 is 0 Å². The third kappa shape index (κ3) is 3.78. The lowest BCUT2D eigenvalue weighted by atomic mass is 10.1. The molecule has 1 heterocycles. The van der Waals surface area contributed by atoms with Gasteiger partial charge in [-0.05, 0) is 19.1 Å². The first-order chi connectivity index (χ1) is 11.3. The van der Waals surface area contributed by atoms with Crippen LogP contribution in [0.25, 0.3) is 0 Å². The van der Waals surface area contributed by atoms with Gasteiger partial charge in [0.2, 0.25) is 0 Å². The van der Waals surface area contributed by atoms with Gasteiger partial charge in [0.25, 0.3) is 0 Å². The van der Waals surface area contributed by atoms with E-state index in [-0.39, 0.29) is 0 Å². The van der Waals surface area contributed by atoms with Crippen molar-refractivity contribution in [3.63, 3.8) is 0 Å². The molecule has 0 spiro atoms. The summed E-state index contributed by atoms with van der Waals surface area (Å²) in [5.41, 5.74) is 3.58. The Morgan fingerprint density at radius 3 is 2.48 bits per heavy atom. The molecule has 0 aliphatic carbocycles. The van der Waals surface area contributed by atoms with Crippen molar-refractivity contribution in [2.75, 3.05) is 38.5 Å². The predicted octanol–water partition coefficient (Wildman–Crippen LogP) is 3.13. The minimum absolute atomic E-state index is 0.704. The zero-order valence-corrected chi connectivity index (χ0v) is 13.8. The van der Waals surface area contributed by atoms with Crippen molar-refractivity contribution in [3.8, 4) is 0 Å². The van der Waals surface area contributed by atoms with Gasteiger partial charge in [-0.2, -0.15) is 0 Å². The zero-order chi connectivity index (χ0) is 16.1. The largest absolute Gasteiger partial charge is 0.383 e. The molecule has 0 saturated heterocycles. The summed E-state index contributed by atoms with van der Waals surface area (Å²) in [4.78, 5) is 9.39. The van der Waals surface area contributed by atoms with E-state index in [9.17, 15) is 0 Å². The van der Waals surface area contributed by atoms with E-state index in [2.05, 4.69) is 65.3 Å². The number of anilines is 1. The Morgan fingerprint density at radius 1 is 1.04 bits per heavy atom. The fourth-order valence-electron chi connectivity index (χ4n) is 2.69. The monoisotopic (exact) mass is 309 g/mol. The summed E-state index contributed by atoms with van der Waals surface area (Å²) in [5, 5.41) is 0. The van der Waals surface area contributed by atoms with Crippen LogP contribution in [-0.4, -0.2) is 44.3 Å². The van der Waals surface area contributed by atoms with Gasteiger partial charge < -0.3 is 9.64 Å². The molecule has 3 rings (SSSR count). The highest BCUT2D eigenvalue weighted by Gasteiger charge is 2.22. The lowest BCUT2D eigenvalue weighted by Gasteiger charge is -2.36. The van der Waals surface area contributed by atoms with Crippen LogP contribution in [0.15, 0.2) is 59.6 Å². The number of aryl methyl sites for hydroxylation is 1. The van der Waals surface area contributed by atoms with Gasteiger partial charge in [0, 0.05) is 24.9 Å². The van der Waals surface area contributed by atoms with Crippen molar-refractivity contribution in [3.05, 3.63) is 65.7 Å². The number of hydrogen-bond acceptors (Lipinski definition) is 4. The van der Waals surface area contributed by atoms with Gasteiger partial charge in [0.15, 0.2) is 0 Å². The predicted molar refractivity (Wildman–Crippen MR) is 95.0 cm³/mol. The SMILES string of the molecule is COCCN1CN=C(c2ccccc2)N(c2ccc(C)cc2)C1. The topological polar surface area (TPSA) is 28.1 Å². The highest BCUT2D eigenvalue weighted by Crippen LogP contribution is 2.21. The first-order valence-corrected chi connectivity index (χ1v) is 7.93. The molecule has 2 aromatic carbocycles. The lowest BCUT2D eigenvalue weighted by Crippen LogP contribution is -2.47. The molecule has 1 aliphatic rings. The quantitative estimate of drug-likeness (QED) is 0.849. The summed E-state index contributed by atoms with van der Waals surface area (Å²) in [6.45, 7) is 5.23. The molecule has 0 bridgehead atoms. The molecular weight excluding hydrogens is 286 g/mol. The zero-order valence-electron chi connectivity index (χ0n) is 13.8. The summed E-state index contributed by atoms with van der Waals surface area (Å²) in [7, 11) is 1.74. The highest BCUT2D eigenvalue weighted by molar-refractivity contribution is 6.10. The minimum Gasteiger partial charge on any atom is -0.383 e. The van der Waals surface area contributed by atoms with Crippen LogP contribution in [-0.2, 0) is 4.74 Å². The molecule has 1 aliphatic heterocycles. The maximum atomic E-state index is 5.20. The van der Waals surface area contributed by atoms with Crippen LogP contribution in [0.5, 0.6) is 0 Å². The van der Waals surface area contributed by atoms with Crippen LogP contribution in [0, 0.1) is 6.92 Å². The Hall–Kier alpha value is -2.17.